The van der Waals surface area contributed by atoms with Crippen LogP contribution in [0.2, 0.25) is 0 Å². The van der Waals surface area contributed by atoms with Gasteiger partial charge in [-0.3, -0.25) is 4.79 Å². The Bertz CT molecular complexity index is 533. The van der Waals surface area contributed by atoms with Gasteiger partial charge in [0.2, 0.25) is 0 Å². The highest BCUT2D eigenvalue weighted by atomic mass is 19.4. The summed E-state index contributed by atoms with van der Waals surface area (Å²) in [6.45, 7) is 0. The molecule has 10 heteroatoms. The van der Waals surface area contributed by atoms with Crippen LogP contribution in [0.25, 0.3) is 0 Å². The fourth-order valence-electron chi connectivity index (χ4n) is 1.43. The van der Waals surface area contributed by atoms with E-state index in [1.807, 2.05) is 0 Å². The van der Waals surface area contributed by atoms with Crippen molar-refractivity contribution < 1.29 is 44.3 Å². The van der Waals surface area contributed by atoms with E-state index in [1.165, 1.54) is 0 Å². The molecule has 0 amide bonds. The lowest BCUT2D eigenvalue weighted by atomic mass is 9.93. The lowest BCUT2D eigenvalue weighted by molar-refractivity contribution is -0.399. The lowest BCUT2D eigenvalue weighted by Gasteiger charge is -2.34. The molecular weight excluding hydrogens is 319 g/mol. The Kier molecular flexibility index (Phi) is 4.05. The van der Waals surface area contributed by atoms with E-state index in [0.717, 1.165) is 6.07 Å². The molecule has 0 heterocycles. The van der Waals surface area contributed by atoms with Crippen molar-refractivity contribution in [3.8, 4) is 0 Å². The molecular formula is C11H5F9O. The average molecular weight is 324 g/mol. The Labute approximate surface area is 111 Å². The monoisotopic (exact) mass is 324 g/mol. The molecule has 1 aromatic rings. The Morgan fingerprint density at radius 2 is 1.24 bits per heavy atom. The zero-order valence-corrected chi connectivity index (χ0v) is 9.70. The fourth-order valence-corrected chi connectivity index (χ4v) is 1.43. The van der Waals surface area contributed by atoms with E-state index < -0.39 is 35.1 Å². The van der Waals surface area contributed by atoms with Crippen LogP contribution in [0.15, 0.2) is 24.3 Å². The molecule has 0 fully saturated rings. The zero-order valence-electron chi connectivity index (χ0n) is 9.70. The Hall–Kier alpha value is -1.74. The Morgan fingerprint density at radius 3 is 1.67 bits per heavy atom. The normalized spacial score (nSPS) is 14.1. The van der Waals surface area contributed by atoms with Gasteiger partial charge in [-0.1, -0.05) is 24.3 Å². The predicted octanol–water partition coefficient (Wildman–Crippen LogP) is 4.42. The van der Waals surface area contributed by atoms with Gasteiger partial charge in [0.05, 0.1) is 0 Å². The third-order valence-electron chi connectivity index (χ3n) is 2.57. The van der Waals surface area contributed by atoms with E-state index in [4.69, 9.17) is 0 Å². The van der Waals surface area contributed by atoms with E-state index in [1.54, 1.807) is 0 Å². The first-order valence-electron chi connectivity index (χ1n) is 5.05. The molecule has 0 unspecified atom stereocenters. The molecule has 0 aliphatic rings. The van der Waals surface area contributed by atoms with Crippen LogP contribution >= 0.6 is 0 Å². The number of halogens is 9. The van der Waals surface area contributed by atoms with Crippen LogP contribution in [-0.4, -0.2) is 24.3 Å². The number of hydrogen-bond acceptors (Lipinski definition) is 1. The molecule has 0 saturated carbocycles. The molecule has 118 valence electrons. The van der Waals surface area contributed by atoms with Crippen molar-refractivity contribution in [1.82, 2.24) is 0 Å². The molecule has 0 radical (unpaired) electrons. The van der Waals surface area contributed by atoms with Gasteiger partial charge in [0.25, 0.3) is 0 Å². The SMILES string of the molecule is O=Cc1ccccc1C(F)(F)C(F)(F)C(F)(F)C(F)(F)F. The van der Waals surface area contributed by atoms with E-state index in [-0.39, 0.29) is 12.4 Å². The van der Waals surface area contributed by atoms with E-state index in [0.29, 0.717) is 12.1 Å². The summed E-state index contributed by atoms with van der Waals surface area (Å²) in [4.78, 5) is 10.5. The van der Waals surface area contributed by atoms with E-state index in [9.17, 15) is 44.3 Å². The van der Waals surface area contributed by atoms with E-state index in [2.05, 4.69) is 0 Å². The highest BCUT2D eigenvalue weighted by Crippen LogP contribution is 2.56. The molecule has 1 rings (SSSR count). The molecule has 0 N–H and O–H groups in total. The molecule has 0 aromatic heterocycles. The van der Waals surface area contributed by atoms with Crippen LogP contribution < -0.4 is 0 Å². The van der Waals surface area contributed by atoms with Crippen molar-refractivity contribution in [2.45, 2.75) is 23.9 Å². The average Bonchev–Trinajstić information content (AvgIpc) is 2.36. The van der Waals surface area contributed by atoms with Crippen LogP contribution in [0, 0.1) is 0 Å². The van der Waals surface area contributed by atoms with Crippen molar-refractivity contribution in [2.24, 2.45) is 0 Å². The first-order valence-corrected chi connectivity index (χ1v) is 5.05. The second kappa shape index (κ2) is 4.92. The maximum Gasteiger partial charge on any atom is 0.460 e. The number of benzene rings is 1. The Balaban J connectivity index is 3.51. The van der Waals surface area contributed by atoms with Crippen molar-refractivity contribution in [3.05, 3.63) is 35.4 Å². The lowest BCUT2D eigenvalue weighted by Crippen LogP contribution is -2.59. The summed E-state index contributed by atoms with van der Waals surface area (Å²) in [6.07, 6.45) is -7.25. The first-order chi connectivity index (χ1) is 9.30. The number of carbonyl (C=O) groups excluding carboxylic acids is 1. The van der Waals surface area contributed by atoms with Crippen LogP contribution in [0.4, 0.5) is 39.5 Å². The predicted molar refractivity (Wildman–Crippen MR) is 51.7 cm³/mol. The molecule has 1 aromatic carbocycles. The highest BCUT2D eigenvalue weighted by molar-refractivity contribution is 5.77. The first kappa shape index (κ1) is 17.3. The third-order valence-corrected chi connectivity index (χ3v) is 2.57. The van der Waals surface area contributed by atoms with Gasteiger partial charge in [-0.15, -0.1) is 0 Å². The van der Waals surface area contributed by atoms with Crippen molar-refractivity contribution in [2.75, 3.05) is 0 Å². The summed E-state index contributed by atoms with van der Waals surface area (Å²) in [5, 5.41) is 0. The summed E-state index contributed by atoms with van der Waals surface area (Å²) in [5.41, 5.74) is -3.05. The second-order valence-electron chi connectivity index (χ2n) is 3.93. The molecule has 0 atom stereocenters. The molecule has 21 heavy (non-hydrogen) atoms. The van der Waals surface area contributed by atoms with Crippen LogP contribution in [0.3, 0.4) is 0 Å². The number of aldehydes is 1. The quantitative estimate of drug-likeness (QED) is 0.592. The topological polar surface area (TPSA) is 17.1 Å². The summed E-state index contributed by atoms with van der Waals surface area (Å²) in [6, 6.07) is 2.39. The number of hydrogen-bond donors (Lipinski definition) is 0. The number of carbonyl (C=O) groups is 1. The van der Waals surface area contributed by atoms with Crippen LogP contribution in [-0.2, 0) is 5.92 Å². The van der Waals surface area contributed by atoms with Gasteiger partial charge in [0.1, 0.15) is 0 Å². The van der Waals surface area contributed by atoms with Gasteiger partial charge in [0, 0.05) is 11.1 Å². The van der Waals surface area contributed by atoms with E-state index >= 15 is 0 Å². The minimum atomic E-state index is -6.99. The maximum atomic E-state index is 13.5. The van der Waals surface area contributed by atoms with Crippen molar-refractivity contribution >= 4 is 6.29 Å². The van der Waals surface area contributed by atoms with Gasteiger partial charge in [-0.05, 0) is 0 Å². The second-order valence-corrected chi connectivity index (χ2v) is 3.93. The molecule has 0 saturated heterocycles. The summed E-state index contributed by atoms with van der Waals surface area (Å²) < 4.78 is 114. The molecule has 0 spiro atoms. The number of alkyl halides is 9. The van der Waals surface area contributed by atoms with Crippen molar-refractivity contribution in [3.63, 3.8) is 0 Å². The molecule has 0 aliphatic carbocycles. The van der Waals surface area contributed by atoms with Gasteiger partial charge in [-0.25, -0.2) is 0 Å². The van der Waals surface area contributed by atoms with Gasteiger partial charge >= 0.3 is 23.9 Å². The largest absolute Gasteiger partial charge is 0.460 e. The van der Waals surface area contributed by atoms with Crippen LogP contribution in [0.5, 0.6) is 0 Å². The van der Waals surface area contributed by atoms with Gasteiger partial charge < -0.3 is 0 Å². The summed E-state index contributed by atoms with van der Waals surface area (Å²) in [5.74, 6) is -19.7. The summed E-state index contributed by atoms with van der Waals surface area (Å²) >= 11 is 0. The molecule has 0 aliphatic heterocycles. The van der Waals surface area contributed by atoms with Gasteiger partial charge in [0.15, 0.2) is 6.29 Å². The molecule has 1 nitrogen and oxygen atoms in total. The zero-order chi connectivity index (χ0) is 16.7. The van der Waals surface area contributed by atoms with Gasteiger partial charge in [-0.2, -0.15) is 39.5 Å². The Morgan fingerprint density at radius 1 is 0.762 bits per heavy atom. The minimum Gasteiger partial charge on any atom is -0.298 e. The molecule has 0 bridgehead atoms. The third kappa shape index (κ3) is 2.46. The standard InChI is InChI=1S/C11H5F9O/c12-8(13,7-4-2-1-3-6(7)5-21)9(14,15)10(16,17)11(18,19)20/h1-5H. The van der Waals surface area contributed by atoms with Crippen molar-refractivity contribution in [1.29, 1.82) is 0 Å². The number of rotatable bonds is 4. The smallest absolute Gasteiger partial charge is 0.298 e. The minimum absolute atomic E-state index is 0.171. The van der Waals surface area contributed by atoms with Crippen LogP contribution in [0.1, 0.15) is 15.9 Å². The highest BCUT2D eigenvalue weighted by Gasteiger charge is 2.82. The summed E-state index contributed by atoms with van der Waals surface area (Å²) in [7, 11) is 0. The maximum absolute atomic E-state index is 13.5. The fraction of sp³-hybridized carbons (Fsp3) is 0.364.